The molecular formula is C17H27ClFN3O3S. The van der Waals surface area contributed by atoms with E-state index in [0.717, 1.165) is 51.0 Å². The first-order valence-corrected chi connectivity index (χ1v) is 10.1. The zero-order valence-electron chi connectivity index (χ0n) is 14.9. The van der Waals surface area contributed by atoms with Gasteiger partial charge in [-0.1, -0.05) is 0 Å². The quantitative estimate of drug-likeness (QED) is 0.688. The molecule has 1 aromatic rings. The van der Waals surface area contributed by atoms with Gasteiger partial charge in [-0.05, 0) is 63.0 Å². The predicted octanol–water partition coefficient (Wildman–Crippen LogP) is 1.76. The number of halogens is 2. The van der Waals surface area contributed by atoms with Gasteiger partial charge in [-0.25, -0.2) is 17.5 Å². The lowest BCUT2D eigenvalue weighted by Gasteiger charge is -2.32. The van der Waals surface area contributed by atoms with Gasteiger partial charge in [0.15, 0.2) is 0 Å². The van der Waals surface area contributed by atoms with Gasteiger partial charge in [0, 0.05) is 26.1 Å². The number of hydrogen-bond acceptors (Lipinski definition) is 4. The number of rotatable bonds is 8. The van der Waals surface area contributed by atoms with Crippen molar-refractivity contribution in [1.29, 1.82) is 0 Å². The molecule has 0 bridgehead atoms. The highest BCUT2D eigenvalue weighted by Crippen LogP contribution is 2.20. The van der Waals surface area contributed by atoms with Gasteiger partial charge in [0.1, 0.15) is 5.82 Å². The summed E-state index contributed by atoms with van der Waals surface area (Å²) in [7, 11) is -1.78. The summed E-state index contributed by atoms with van der Waals surface area (Å²) >= 11 is 0. The first-order valence-electron chi connectivity index (χ1n) is 8.60. The van der Waals surface area contributed by atoms with Crippen LogP contribution in [-0.2, 0) is 14.8 Å². The number of carbonyl (C=O) groups is 1. The van der Waals surface area contributed by atoms with Gasteiger partial charge >= 0.3 is 0 Å². The Hall–Kier alpha value is -1.22. The van der Waals surface area contributed by atoms with Crippen LogP contribution in [0.3, 0.4) is 0 Å². The van der Waals surface area contributed by atoms with Crippen LogP contribution in [-0.4, -0.2) is 52.5 Å². The van der Waals surface area contributed by atoms with E-state index in [1.807, 2.05) is 11.9 Å². The number of hydrogen-bond donors (Lipinski definition) is 2. The molecule has 1 heterocycles. The first kappa shape index (κ1) is 22.8. The van der Waals surface area contributed by atoms with Gasteiger partial charge in [-0.15, -0.1) is 12.4 Å². The van der Waals surface area contributed by atoms with Crippen molar-refractivity contribution in [2.45, 2.75) is 30.6 Å². The summed E-state index contributed by atoms with van der Waals surface area (Å²) in [5, 5.41) is 3.14. The Labute approximate surface area is 161 Å². The topological polar surface area (TPSA) is 78.5 Å². The summed E-state index contributed by atoms with van der Waals surface area (Å²) in [4.78, 5) is 14.0. The van der Waals surface area contributed by atoms with E-state index >= 15 is 0 Å². The first-order chi connectivity index (χ1) is 11.9. The second kappa shape index (κ2) is 10.8. The molecule has 1 aliphatic heterocycles. The number of amides is 1. The molecule has 2 rings (SSSR count). The Kier molecular flexibility index (Phi) is 9.49. The van der Waals surface area contributed by atoms with Crippen molar-refractivity contribution in [3.8, 4) is 0 Å². The maximum atomic E-state index is 12.9. The van der Waals surface area contributed by atoms with Crippen molar-refractivity contribution < 1.29 is 17.6 Å². The molecule has 0 spiro atoms. The molecule has 1 aromatic carbocycles. The smallest absolute Gasteiger partial charge is 0.240 e. The highest BCUT2D eigenvalue weighted by molar-refractivity contribution is 7.89. The minimum atomic E-state index is -3.72. The average molecular weight is 408 g/mol. The van der Waals surface area contributed by atoms with Crippen LogP contribution in [0.15, 0.2) is 29.2 Å². The van der Waals surface area contributed by atoms with Crippen LogP contribution in [0.4, 0.5) is 4.39 Å². The van der Waals surface area contributed by atoms with Crippen molar-refractivity contribution in [2.24, 2.45) is 5.92 Å². The lowest BCUT2D eigenvalue weighted by molar-refractivity contribution is -0.132. The van der Waals surface area contributed by atoms with E-state index < -0.39 is 15.8 Å². The molecule has 1 aliphatic rings. The van der Waals surface area contributed by atoms with Crippen molar-refractivity contribution in [1.82, 2.24) is 14.9 Å². The largest absolute Gasteiger partial charge is 0.343 e. The fourth-order valence-corrected chi connectivity index (χ4v) is 4.00. The van der Waals surface area contributed by atoms with E-state index in [9.17, 15) is 17.6 Å². The van der Waals surface area contributed by atoms with Gasteiger partial charge in [0.05, 0.1) is 4.90 Å². The van der Waals surface area contributed by atoms with Crippen LogP contribution >= 0.6 is 12.4 Å². The molecule has 1 amide bonds. The number of carbonyl (C=O) groups excluding carboxylic acids is 1. The molecule has 1 saturated heterocycles. The lowest BCUT2D eigenvalue weighted by Crippen LogP contribution is -2.40. The Morgan fingerprint density at radius 2 is 1.81 bits per heavy atom. The normalized spacial score (nSPS) is 15.5. The summed E-state index contributed by atoms with van der Waals surface area (Å²) in [5.74, 6) is 0.120. The second-order valence-corrected chi connectivity index (χ2v) is 8.09. The Balaban J connectivity index is 0.00000338. The molecule has 0 aliphatic carbocycles. The number of sulfonamides is 1. The van der Waals surface area contributed by atoms with Crippen molar-refractivity contribution in [3.05, 3.63) is 30.1 Å². The van der Waals surface area contributed by atoms with E-state index in [0.29, 0.717) is 5.92 Å². The third kappa shape index (κ3) is 6.83. The summed E-state index contributed by atoms with van der Waals surface area (Å²) in [5.41, 5.74) is 0. The molecule has 0 unspecified atom stereocenters. The van der Waals surface area contributed by atoms with Crippen LogP contribution in [0.2, 0.25) is 0 Å². The van der Waals surface area contributed by atoms with Gasteiger partial charge in [0.2, 0.25) is 15.9 Å². The van der Waals surface area contributed by atoms with Crippen LogP contribution < -0.4 is 10.0 Å². The second-order valence-electron chi connectivity index (χ2n) is 6.32. The SMILES string of the molecule is CNCCC1CCN(C(=O)CCNS(=O)(=O)c2ccc(F)cc2)CC1.Cl. The predicted molar refractivity (Wildman–Crippen MR) is 101 cm³/mol. The number of likely N-dealkylation sites (tertiary alicyclic amines) is 1. The molecule has 6 nitrogen and oxygen atoms in total. The molecule has 0 atom stereocenters. The van der Waals surface area contributed by atoms with Crippen molar-refractivity contribution in [3.63, 3.8) is 0 Å². The van der Waals surface area contributed by atoms with E-state index in [4.69, 9.17) is 0 Å². The van der Waals surface area contributed by atoms with E-state index in [2.05, 4.69) is 10.0 Å². The number of nitrogens with zero attached hydrogens (tertiary/aromatic N) is 1. The Morgan fingerprint density at radius 1 is 1.19 bits per heavy atom. The van der Waals surface area contributed by atoms with Crippen LogP contribution in [0.25, 0.3) is 0 Å². The van der Waals surface area contributed by atoms with E-state index in [1.54, 1.807) is 0 Å². The standard InChI is InChI=1S/C17H26FN3O3S.ClH/c1-19-10-6-14-8-12-21(13-9-14)17(22)7-11-20-25(23,24)16-4-2-15(18)3-5-16;/h2-5,14,19-20H,6-13H2,1H3;1H. The Morgan fingerprint density at radius 3 is 2.38 bits per heavy atom. The van der Waals surface area contributed by atoms with Crippen molar-refractivity contribution >= 4 is 28.3 Å². The number of piperidine rings is 1. The maximum absolute atomic E-state index is 12.9. The summed E-state index contributed by atoms with van der Waals surface area (Å²) in [6, 6.07) is 4.60. The fourth-order valence-electron chi connectivity index (χ4n) is 2.97. The fraction of sp³-hybridized carbons (Fsp3) is 0.588. The molecule has 0 radical (unpaired) electrons. The zero-order chi connectivity index (χ0) is 18.3. The molecule has 148 valence electrons. The minimum absolute atomic E-state index is 0. The highest BCUT2D eigenvalue weighted by atomic mass is 35.5. The van der Waals surface area contributed by atoms with Crippen LogP contribution in [0.1, 0.15) is 25.7 Å². The minimum Gasteiger partial charge on any atom is -0.343 e. The molecule has 1 fully saturated rings. The van der Waals surface area contributed by atoms with Crippen LogP contribution in [0.5, 0.6) is 0 Å². The van der Waals surface area contributed by atoms with Crippen LogP contribution in [0, 0.1) is 11.7 Å². The average Bonchev–Trinajstić information content (AvgIpc) is 2.60. The Bertz CT molecular complexity index is 662. The van der Waals surface area contributed by atoms with Crippen molar-refractivity contribution in [2.75, 3.05) is 33.2 Å². The zero-order valence-corrected chi connectivity index (χ0v) is 16.5. The molecule has 0 aromatic heterocycles. The molecule has 26 heavy (non-hydrogen) atoms. The maximum Gasteiger partial charge on any atom is 0.240 e. The van der Waals surface area contributed by atoms with E-state index in [-0.39, 0.29) is 36.2 Å². The highest BCUT2D eigenvalue weighted by Gasteiger charge is 2.22. The van der Waals surface area contributed by atoms with Gasteiger partial charge in [-0.3, -0.25) is 4.79 Å². The molecule has 9 heteroatoms. The molecule has 2 N–H and O–H groups in total. The molecule has 0 saturated carbocycles. The van der Waals surface area contributed by atoms with Gasteiger partial charge in [0.25, 0.3) is 0 Å². The number of benzene rings is 1. The monoisotopic (exact) mass is 407 g/mol. The van der Waals surface area contributed by atoms with E-state index in [1.165, 1.54) is 12.1 Å². The third-order valence-electron chi connectivity index (χ3n) is 4.52. The summed E-state index contributed by atoms with van der Waals surface area (Å²) in [6.45, 7) is 2.50. The lowest BCUT2D eigenvalue weighted by atomic mass is 9.93. The number of nitrogens with one attached hydrogen (secondary N) is 2. The van der Waals surface area contributed by atoms with Gasteiger partial charge < -0.3 is 10.2 Å². The third-order valence-corrected chi connectivity index (χ3v) is 6.00. The van der Waals surface area contributed by atoms with Gasteiger partial charge in [-0.2, -0.15) is 0 Å². The molecular weight excluding hydrogens is 381 g/mol. The summed E-state index contributed by atoms with van der Waals surface area (Å²) < 4.78 is 39.4. The summed E-state index contributed by atoms with van der Waals surface area (Å²) in [6.07, 6.45) is 3.24.